The smallest absolute Gasteiger partial charge is 0.323 e. The third-order valence-electron chi connectivity index (χ3n) is 0.770. The van der Waals surface area contributed by atoms with Crippen LogP contribution < -0.4 is 0 Å². The van der Waals surface area contributed by atoms with E-state index in [4.69, 9.17) is 10.2 Å². The minimum absolute atomic E-state index is 0.549. The molecule has 0 aromatic carbocycles. The van der Waals surface area contributed by atoms with E-state index < -0.39 is 13.3 Å². The van der Waals surface area contributed by atoms with E-state index in [1.54, 1.807) is 0 Å². The van der Waals surface area contributed by atoms with E-state index in [9.17, 15) is 4.57 Å². The van der Waals surface area contributed by atoms with Crippen LogP contribution in [0.3, 0.4) is 0 Å². The van der Waals surface area contributed by atoms with E-state index in [1.807, 2.05) is 0 Å². The van der Waals surface area contributed by atoms with Gasteiger partial charge in [-0.05, 0) is 0 Å². The minimum Gasteiger partial charge on any atom is -0.323 e. The lowest BCUT2D eigenvalue weighted by Crippen LogP contribution is -1.97. The van der Waals surface area contributed by atoms with E-state index in [0.717, 1.165) is 0 Å². The molecule has 0 heterocycles. The Kier molecular flexibility index (Phi) is 2.63. The van der Waals surface area contributed by atoms with Gasteiger partial charge in [0.25, 0.3) is 0 Å². The Morgan fingerprint density at radius 1 is 1.62 bits per heavy atom. The van der Waals surface area contributed by atoms with Crippen molar-refractivity contribution >= 4 is 7.60 Å². The fourth-order valence-corrected chi connectivity index (χ4v) is 0.283. The molecule has 50 valence electrons. The van der Waals surface area contributed by atoms with Crippen molar-refractivity contribution in [2.45, 2.75) is 19.5 Å². The Labute approximate surface area is 47.6 Å². The summed E-state index contributed by atoms with van der Waals surface area (Å²) in [7, 11) is -3.69. The van der Waals surface area contributed by atoms with Gasteiger partial charge in [-0.2, -0.15) is 4.67 Å². The largest absolute Gasteiger partial charge is 0.357 e. The molecule has 1 unspecified atom stereocenters. The first-order valence-electron chi connectivity index (χ1n) is 2.16. The molecule has 0 aromatic heterocycles. The molecule has 1 atom stereocenters. The van der Waals surface area contributed by atoms with Crippen LogP contribution in [0.25, 0.3) is 0 Å². The van der Waals surface area contributed by atoms with Crippen LogP contribution in [0.4, 0.5) is 0 Å². The minimum atomic E-state index is -3.69. The summed E-state index contributed by atoms with van der Waals surface area (Å²) in [5.74, 6) is 0. The summed E-state index contributed by atoms with van der Waals surface area (Å²) in [5, 5.41) is 7.75. The van der Waals surface area contributed by atoms with Crippen LogP contribution in [0, 0.1) is 0 Å². The zero-order valence-corrected chi connectivity index (χ0v) is 5.63. The molecule has 0 aliphatic heterocycles. The highest BCUT2D eigenvalue weighted by molar-refractivity contribution is 7.53. The number of hydrogen-bond donors (Lipinski definition) is 2. The highest BCUT2D eigenvalue weighted by Gasteiger charge is 2.23. The van der Waals surface area contributed by atoms with Gasteiger partial charge in [-0.25, -0.2) is 5.26 Å². The summed E-state index contributed by atoms with van der Waals surface area (Å²) in [6.45, 7) is 2.97. The van der Waals surface area contributed by atoms with Gasteiger partial charge in [0.2, 0.25) is 0 Å². The molecular weight excluding hydrogens is 131 g/mol. The van der Waals surface area contributed by atoms with Crippen molar-refractivity contribution in [2.24, 2.45) is 0 Å². The van der Waals surface area contributed by atoms with Crippen LogP contribution in [-0.2, 0) is 9.24 Å². The van der Waals surface area contributed by atoms with Crippen LogP contribution in [-0.4, -0.2) is 15.8 Å². The highest BCUT2D eigenvalue weighted by Crippen LogP contribution is 2.45. The summed E-state index contributed by atoms with van der Waals surface area (Å²) in [6, 6.07) is 0. The van der Waals surface area contributed by atoms with Crippen molar-refractivity contribution in [2.75, 3.05) is 0 Å². The van der Waals surface area contributed by atoms with Crippen LogP contribution in [0.15, 0.2) is 0 Å². The van der Waals surface area contributed by atoms with Crippen molar-refractivity contribution < 1.29 is 19.4 Å². The van der Waals surface area contributed by atoms with Crippen molar-refractivity contribution in [1.29, 1.82) is 0 Å². The molecule has 0 bridgehead atoms. The number of hydrogen-bond acceptors (Lipinski definition) is 3. The van der Waals surface area contributed by atoms with Gasteiger partial charge in [-0.1, -0.05) is 13.8 Å². The van der Waals surface area contributed by atoms with Crippen LogP contribution >= 0.6 is 7.60 Å². The first kappa shape index (κ1) is 8.11. The third-order valence-corrected chi connectivity index (χ3v) is 2.31. The van der Waals surface area contributed by atoms with E-state index >= 15 is 0 Å². The fourth-order valence-electron chi connectivity index (χ4n) is 0.0943. The van der Waals surface area contributed by atoms with Gasteiger partial charge in [-0.3, -0.25) is 4.57 Å². The van der Waals surface area contributed by atoms with Gasteiger partial charge in [-0.15, -0.1) is 0 Å². The molecule has 8 heavy (non-hydrogen) atoms. The van der Waals surface area contributed by atoms with Crippen molar-refractivity contribution in [1.82, 2.24) is 0 Å². The van der Waals surface area contributed by atoms with Crippen LogP contribution in [0.5, 0.6) is 0 Å². The average Bonchev–Trinajstić information content (AvgIpc) is 1.67. The molecule has 0 amide bonds. The molecule has 0 aromatic rings. The van der Waals surface area contributed by atoms with Crippen LogP contribution in [0.1, 0.15) is 13.8 Å². The average molecular weight is 140 g/mol. The first-order chi connectivity index (χ1) is 3.50. The second-order valence-electron chi connectivity index (χ2n) is 1.74. The Hall–Kier alpha value is 0.110. The molecule has 0 aliphatic rings. The lowest BCUT2D eigenvalue weighted by molar-refractivity contribution is -0.147. The molecule has 0 fully saturated rings. The van der Waals surface area contributed by atoms with Gasteiger partial charge in [0.05, 0.1) is 5.66 Å². The lowest BCUT2D eigenvalue weighted by Gasteiger charge is -2.08. The third kappa shape index (κ3) is 1.92. The maximum atomic E-state index is 10.4. The van der Waals surface area contributed by atoms with E-state index in [-0.39, 0.29) is 0 Å². The van der Waals surface area contributed by atoms with Crippen LogP contribution in [0.2, 0.25) is 0 Å². The molecule has 0 rings (SSSR count). The molecule has 0 saturated carbocycles. The van der Waals surface area contributed by atoms with Gasteiger partial charge in [0, 0.05) is 0 Å². The van der Waals surface area contributed by atoms with Gasteiger partial charge >= 0.3 is 7.60 Å². The number of rotatable bonds is 2. The standard InChI is InChI=1S/C3H9O4P/c1-3(2)8(5,6)7-4/h3-4H,1-2H3,(H,5,6). The molecule has 0 spiro atoms. The van der Waals surface area contributed by atoms with E-state index in [1.165, 1.54) is 13.8 Å². The zero-order valence-electron chi connectivity index (χ0n) is 4.74. The second-order valence-corrected chi connectivity index (χ2v) is 4.06. The molecule has 4 nitrogen and oxygen atoms in total. The fraction of sp³-hybridized carbons (Fsp3) is 1.00. The Bertz CT molecular complexity index is 110. The Morgan fingerprint density at radius 3 is 2.00 bits per heavy atom. The SMILES string of the molecule is CC(C)P(=O)(O)OO. The summed E-state index contributed by atoms with van der Waals surface area (Å²) >= 11 is 0. The van der Waals surface area contributed by atoms with E-state index in [2.05, 4.69) is 4.67 Å². The highest BCUT2D eigenvalue weighted by atomic mass is 31.2. The molecule has 2 N–H and O–H groups in total. The maximum absolute atomic E-state index is 10.4. The first-order valence-corrected chi connectivity index (χ1v) is 3.81. The van der Waals surface area contributed by atoms with Crippen molar-refractivity contribution in [3.63, 3.8) is 0 Å². The van der Waals surface area contributed by atoms with Gasteiger partial charge in [0.1, 0.15) is 0 Å². The maximum Gasteiger partial charge on any atom is 0.357 e. The second kappa shape index (κ2) is 2.60. The Morgan fingerprint density at radius 2 is 2.00 bits per heavy atom. The predicted molar refractivity (Wildman–Crippen MR) is 28.7 cm³/mol. The van der Waals surface area contributed by atoms with Crippen molar-refractivity contribution in [3.8, 4) is 0 Å². The summed E-state index contributed by atoms with van der Waals surface area (Å²) in [4.78, 5) is 8.48. The monoisotopic (exact) mass is 140 g/mol. The van der Waals surface area contributed by atoms with Crippen molar-refractivity contribution in [3.05, 3.63) is 0 Å². The topological polar surface area (TPSA) is 66.8 Å². The molecule has 0 saturated heterocycles. The lowest BCUT2D eigenvalue weighted by atomic mass is 10.6. The van der Waals surface area contributed by atoms with E-state index in [0.29, 0.717) is 0 Å². The predicted octanol–water partition coefficient (Wildman–Crippen LogP) is 1.07. The normalized spacial score (nSPS) is 18.6. The Balaban J connectivity index is 3.93. The summed E-state index contributed by atoms with van der Waals surface area (Å²) in [5.41, 5.74) is -0.549. The quantitative estimate of drug-likeness (QED) is 0.342. The molecule has 0 aliphatic carbocycles. The molecule has 5 heteroatoms. The zero-order chi connectivity index (χ0) is 6.78. The van der Waals surface area contributed by atoms with Gasteiger partial charge in [0.15, 0.2) is 0 Å². The summed E-state index contributed by atoms with van der Waals surface area (Å²) in [6.07, 6.45) is 0. The summed E-state index contributed by atoms with van der Waals surface area (Å²) < 4.78 is 13.7. The molecular formula is C3H9O4P. The van der Waals surface area contributed by atoms with Gasteiger partial charge < -0.3 is 4.89 Å². The molecule has 0 radical (unpaired) electrons.